The first-order valence-electron chi connectivity index (χ1n) is 17.2. The molecule has 0 saturated carbocycles. The third-order valence-corrected chi connectivity index (χ3v) is 9.88. The van der Waals surface area contributed by atoms with Crippen molar-refractivity contribution in [2.24, 2.45) is 0 Å². The van der Waals surface area contributed by atoms with Crippen molar-refractivity contribution >= 4 is 60.9 Å². The molecule has 2 aromatic heterocycles. The molecule has 0 aliphatic heterocycles. The number of anilines is 3. The normalized spacial score (nSPS) is 11.5. The maximum Gasteiger partial charge on any atom is 0.143 e. The topological polar surface area (TPSA) is 29.5 Å². The number of furan rings is 2. The van der Waals surface area contributed by atoms with Crippen LogP contribution in [-0.4, -0.2) is 0 Å². The van der Waals surface area contributed by atoms with Crippen molar-refractivity contribution in [3.05, 3.63) is 188 Å². The molecule has 0 radical (unpaired) electrons. The highest BCUT2D eigenvalue weighted by atomic mass is 16.3. The first-order valence-corrected chi connectivity index (χ1v) is 17.2. The highest BCUT2D eigenvalue weighted by Crippen LogP contribution is 2.42. The summed E-state index contributed by atoms with van der Waals surface area (Å²) in [4.78, 5) is 2.28. The van der Waals surface area contributed by atoms with Crippen molar-refractivity contribution in [2.45, 2.75) is 0 Å². The molecule has 10 aromatic rings. The van der Waals surface area contributed by atoms with E-state index >= 15 is 0 Å². The zero-order valence-electron chi connectivity index (χ0n) is 27.7. The van der Waals surface area contributed by atoms with Crippen molar-refractivity contribution in [3.8, 4) is 33.4 Å². The number of hydrogen-bond donors (Lipinski definition) is 0. The van der Waals surface area contributed by atoms with Crippen LogP contribution in [0.5, 0.6) is 0 Å². The highest BCUT2D eigenvalue weighted by Gasteiger charge is 2.18. The highest BCUT2D eigenvalue weighted by molar-refractivity contribution is 6.16. The molecule has 0 aliphatic carbocycles. The molecule has 8 aromatic carbocycles. The van der Waals surface area contributed by atoms with E-state index in [1.807, 2.05) is 12.1 Å². The Bertz CT molecular complexity index is 2820. The Kier molecular flexibility index (Phi) is 6.81. The molecule has 3 heteroatoms. The molecule has 3 nitrogen and oxygen atoms in total. The van der Waals surface area contributed by atoms with Gasteiger partial charge in [-0.1, -0.05) is 133 Å². The lowest BCUT2D eigenvalue weighted by Gasteiger charge is -2.25. The van der Waals surface area contributed by atoms with E-state index in [1.165, 1.54) is 22.3 Å². The van der Waals surface area contributed by atoms with Crippen LogP contribution in [0, 0.1) is 0 Å². The Morgan fingerprint density at radius 3 is 1.45 bits per heavy atom. The van der Waals surface area contributed by atoms with Crippen LogP contribution >= 0.6 is 0 Å². The van der Waals surface area contributed by atoms with Crippen LogP contribution in [0.1, 0.15) is 0 Å². The standard InChI is InChI=1S/C48H31NO2/c1-4-11-32(12-5-1)33-19-21-34(22-20-33)35-23-25-38(26-24-35)49(37-15-8-3-9-16-37)39-27-28-41-43-30-47-44(31-46(43)50-45(41)29-39)42-18-10-17-40(48(42)51-47)36-13-6-2-7-14-36/h1-31H. The molecule has 0 unspecified atom stereocenters. The van der Waals surface area contributed by atoms with E-state index in [-0.39, 0.29) is 0 Å². The lowest BCUT2D eigenvalue weighted by molar-refractivity contribution is 0.664. The second kappa shape index (κ2) is 11.9. The third kappa shape index (κ3) is 5.06. The fourth-order valence-electron chi connectivity index (χ4n) is 7.35. The minimum Gasteiger partial charge on any atom is -0.456 e. The van der Waals surface area contributed by atoms with Crippen molar-refractivity contribution in [1.29, 1.82) is 0 Å². The van der Waals surface area contributed by atoms with E-state index in [9.17, 15) is 0 Å². The van der Waals surface area contributed by atoms with E-state index in [2.05, 4.69) is 181 Å². The van der Waals surface area contributed by atoms with Gasteiger partial charge in [0.25, 0.3) is 0 Å². The monoisotopic (exact) mass is 653 g/mol. The van der Waals surface area contributed by atoms with Crippen LogP contribution in [-0.2, 0) is 0 Å². The molecule has 0 saturated heterocycles. The minimum atomic E-state index is 0.834. The van der Waals surface area contributed by atoms with Crippen LogP contribution in [0.2, 0.25) is 0 Å². The Hall–Kier alpha value is -6.84. The summed E-state index contributed by atoms with van der Waals surface area (Å²) >= 11 is 0. The fraction of sp³-hybridized carbons (Fsp3) is 0. The quantitative estimate of drug-likeness (QED) is 0.179. The number of benzene rings is 8. The second-order valence-corrected chi connectivity index (χ2v) is 12.9. The molecular weight excluding hydrogens is 623 g/mol. The molecule has 0 aliphatic rings. The molecule has 0 fully saturated rings. The van der Waals surface area contributed by atoms with Gasteiger partial charge in [-0.05, 0) is 76.3 Å². The van der Waals surface area contributed by atoms with Crippen molar-refractivity contribution in [3.63, 3.8) is 0 Å². The SMILES string of the molecule is c1ccc(-c2ccc(-c3ccc(N(c4ccccc4)c4ccc5c(c4)oc4cc6c(cc45)oc4c(-c5ccccc5)cccc46)cc3)cc2)cc1. The third-order valence-electron chi connectivity index (χ3n) is 9.88. The van der Waals surface area contributed by atoms with Crippen molar-refractivity contribution in [2.75, 3.05) is 4.90 Å². The smallest absolute Gasteiger partial charge is 0.143 e. The summed E-state index contributed by atoms with van der Waals surface area (Å²) in [7, 11) is 0. The fourth-order valence-corrected chi connectivity index (χ4v) is 7.35. The van der Waals surface area contributed by atoms with Gasteiger partial charge in [-0.3, -0.25) is 0 Å². The van der Waals surface area contributed by atoms with Crippen LogP contribution in [0.4, 0.5) is 17.1 Å². The average Bonchev–Trinajstić information content (AvgIpc) is 3.75. The predicted molar refractivity (Wildman–Crippen MR) is 212 cm³/mol. The summed E-state index contributed by atoms with van der Waals surface area (Å²) < 4.78 is 13.2. The summed E-state index contributed by atoms with van der Waals surface area (Å²) in [6.07, 6.45) is 0. The summed E-state index contributed by atoms with van der Waals surface area (Å²) in [5, 5.41) is 4.23. The van der Waals surface area contributed by atoms with E-state index in [0.717, 1.165) is 72.1 Å². The molecule has 0 amide bonds. The summed E-state index contributed by atoms with van der Waals surface area (Å²) in [6.45, 7) is 0. The van der Waals surface area contributed by atoms with E-state index in [4.69, 9.17) is 8.83 Å². The van der Waals surface area contributed by atoms with Gasteiger partial charge < -0.3 is 13.7 Å². The van der Waals surface area contributed by atoms with Gasteiger partial charge in [-0.2, -0.15) is 0 Å². The zero-order chi connectivity index (χ0) is 33.7. The largest absolute Gasteiger partial charge is 0.456 e. The molecule has 0 atom stereocenters. The summed E-state index contributed by atoms with van der Waals surface area (Å²) in [6, 6.07) is 66.0. The summed E-state index contributed by atoms with van der Waals surface area (Å²) in [5.74, 6) is 0. The first-order chi connectivity index (χ1) is 25.3. The number of hydrogen-bond acceptors (Lipinski definition) is 3. The van der Waals surface area contributed by atoms with Gasteiger partial charge in [0.05, 0.1) is 0 Å². The second-order valence-electron chi connectivity index (χ2n) is 12.9. The van der Waals surface area contributed by atoms with Gasteiger partial charge in [0.15, 0.2) is 0 Å². The van der Waals surface area contributed by atoms with Gasteiger partial charge in [-0.15, -0.1) is 0 Å². The predicted octanol–water partition coefficient (Wildman–Crippen LogP) is 14.0. The van der Waals surface area contributed by atoms with E-state index < -0.39 is 0 Å². The van der Waals surface area contributed by atoms with Crippen LogP contribution in [0.3, 0.4) is 0 Å². The lowest BCUT2D eigenvalue weighted by Crippen LogP contribution is -2.09. The number of rotatable bonds is 6. The Morgan fingerprint density at radius 1 is 0.294 bits per heavy atom. The van der Waals surface area contributed by atoms with Crippen LogP contribution in [0.25, 0.3) is 77.3 Å². The van der Waals surface area contributed by atoms with Crippen LogP contribution in [0.15, 0.2) is 197 Å². The molecule has 0 bridgehead atoms. The molecule has 2 heterocycles. The van der Waals surface area contributed by atoms with Crippen LogP contribution < -0.4 is 4.90 Å². The Labute approximate surface area is 295 Å². The molecule has 0 spiro atoms. The average molecular weight is 654 g/mol. The van der Waals surface area contributed by atoms with Gasteiger partial charge in [-0.25, -0.2) is 0 Å². The number of fused-ring (bicyclic) bond motifs is 6. The lowest BCUT2D eigenvalue weighted by atomic mass is 10.00. The molecular formula is C48H31NO2. The maximum absolute atomic E-state index is 6.61. The number of para-hydroxylation sites is 2. The molecule has 10 rings (SSSR count). The zero-order valence-corrected chi connectivity index (χ0v) is 27.7. The minimum absolute atomic E-state index is 0.834. The Morgan fingerprint density at radius 2 is 0.784 bits per heavy atom. The van der Waals surface area contributed by atoms with Gasteiger partial charge >= 0.3 is 0 Å². The first kappa shape index (κ1) is 29.1. The van der Waals surface area contributed by atoms with Gasteiger partial charge in [0, 0.05) is 50.2 Å². The molecule has 0 N–H and O–H groups in total. The maximum atomic E-state index is 6.61. The van der Waals surface area contributed by atoms with Gasteiger partial charge in [0.1, 0.15) is 22.3 Å². The van der Waals surface area contributed by atoms with E-state index in [0.29, 0.717) is 0 Å². The van der Waals surface area contributed by atoms with Gasteiger partial charge in [0.2, 0.25) is 0 Å². The molecule has 240 valence electrons. The number of nitrogens with zero attached hydrogens (tertiary/aromatic N) is 1. The van der Waals surface area contributed by atoms with E-state index in [1.54, 1.807) is 0 Å². The van der Waals surface area contributed by atoms with Crippen molar-refractivity contribution in [1.82, 2.24) is 0 Å². The Balaban J connectivity index is 1.03. The molecule has 51 heavy (non-hydrogen) atoms. The summed E-state index contributed by atoms with van der Waals surface area (Å²) in [5.41, 5.74) is 13.6. The van der Waals surface area contributed by atoms with Crippen molar-refractivity contribution < 1.29 is 8.83 Å².